The third kappa shape index (κ3) is 4.00. The van der Waals surface area contributed by atoms with Gasteiger partial charge in [0, 0.05) is 0 Å². The van der Waals surface area contributed by atoms with Crippen molar-refractivity contribution in [2.45, 2.75) is 57.8 Å². The average molecular weight is 355 g/mol. The molecule has 3 aromatic rings. The van der Waals surface area contributed by atoms with Crippen molar-refractivity contribution in [3.63, 3.8) is 0 Å². The van der Waals surface area contributed by atoms with Gasteiger partial charge in [0.25, 0.3) is 0 Å². The normalized spacial score (nSPS) is 16.3. The van der Waals surface area contributed by atoms with Gasteiger partial charge in [-0.3, -0.25) is 0 Å². The summed E-state index contributed by atoms with van der Waals surface area (Å²) in [5, 5.41) is 2.78. The van der Waals surface area contributed by atoms with Crippen LogP contribution in [0.5, 0.6) is 0 Å². The van der Waals surface area contributed by atoms with E-state index in [2.05, 4.69) is 68.1 Å². The molecular weight excluding hydrogens is 324 g/mol. The van der Waals surface area contributed by atoms with Gasteiger partial charge in [-0.25, -0.2) is 0 Å². The maximum atomic E-state index is 3.90. The van der Waals surface area contributed by atoms with Crippen LogP contribution < -0.4 is 0 Å². The van der Waals surface area contributed by atoms with Crippen molar-refractivity contribution < 1.29 is 0 Å². The molecule has 3 aromatic carbocycles. The van der Waals surface area contributed by atoms with E-state index in [4.69, 9.17) is 0 Å². The molecule has 1 aliphatic carbocycles. The molecule has 0 aromatic heterocycles. The Morgan fingerprint density at radius 2 is 1.78 bits per heavy atom. The second-order valence-electron chi connectivity index (χ2n) is 8.07. The lowest BCUT2D eigenvalue weighted by Gasteiger charge is -2.25. The molecular formula is C27H30. The predicted molar refractivity (Wildman–Crippen MR) is 118 cm³/mol. The zero-order valence-electron chi connectivity index (χ0n) is 16.5. The number of rotatable bonds is 6. The molecule has 0 heterocycles. The SMILES string of the molecule is C=Cc1ccc2c(c1)CCC(c1ccc3cc(CCCCC)ccc3c1)C2. The van der Waals surface area contributed by atoms with Crippen LogP contribution in [0.15, 0.2) is 61.2 Å². The maximum absolute atomic E-state index is 3.90. The number of fused-ring (bicyclic) bond motifs is 2. The van der Waals surface area contributed by atoms with Gasteiger partial charge in [-0.05, 0) is 76.6 Å². The second-order valence-corrected chi connectivity index (χ2v) is 8.07. The number of benzene rings is 3. The predicted octanol–water partition coefficient (Wildman–Crippen LogP) is 7.49. The Hall–Kier alpha value is -2.34. The third-order valence-corrected chi connectivity index (χ3v) is 6.16. The summed E-state index contributed by atoms with van der Waals surface area (Å²) in [5.74, 6) is 0.640. The van der Waals surface area contributed by atoms with Crippen molar-refractivity contribution in [3.8, 4) is 0 Å². The highest BCUT2D eigenvalue weighted by Crippen LogP contribution is 2.34. The fourth-order valence-corrected chi connectivity index (χ4v) is 4.49. The van der Waals surface area contributed by atoms with E-state index in [9.17, 15) is 0 Å². The first kappa shape index (κ1) is 18.0. The minimum atomic E-state index is 0.640. The zero-order valence-corrected chi connectivity index (χ0v) is 16.5. The standard InChI is InChI=1S/C27H30/c1-3-5-6-7-21-9-11-25-19-27(15-13-23(25)17-21)26-14-12-22-16-20(4-2)8-10-24(22)18-26/h4,8-11,13,15-17,19,26H,2-3,5-7,12,14,18H2,1H3. The second kappa shape index (κ2) is 8.13. The largest absolute Gasteiger partial charge is 0.0985 e. The van der Waals surface area contributed by atoms with Crippen LogP contribution in [0.2, 0.25) is 0 Å². The Labute approximate surface area is 163 Å². The van der Waals surface area contributed by atoms with Gasteiger partial charge in [-0.2, -0.15) is 0 Å². The Morgan fingerprint density at radius 3 is 2.63 bits per heavy atom. The van der Waals surface area contributed by atoms with Crippen LogP contribution in [0.4, 0.5) is 0 Å². The van der Waals surface area contributed by atoms with Crippen molar-refractivity contribution in [1.29, 1.82) is 0 Å². The molecule has 0 fully saturated rings. The fraction of sp³-hybridized carbons (Fsp3) is 0.333. The number of hydrogen-bond donors (Lipinski definition) is 0. The summed E-state index contributed by atoms with van der Waals surface area (Å²) in [6.07, 6.45) is 10.7. The van der Waals surface area contributed by atoms with Gasteiger partial charge >= 0.3 is 0 Å². The topological polar surface area (TPSA) is 0 Å². The molecule has 0 saturated heterocycles. The summed E-state index contributed by atoms with van der Waals surface area (Å²) < 4.78 is 0. The van der Waals surface area contributed by atoms with Crippen LogP contribution in [0.1, 0.15) is 66.3 Å². The van der Waals surface area contributed by atoms with Crippen molar-refractivity contribution >= 4 is 16.8 Å². The molecule has 1 aliphatic rings. The molecule has 27 heavy (non-hydrogen) atoms. The van der Waals surface area contributed by atoms with E-state index in [1.54, 1.807) is 0 Å². The summed E-state index contributed by atoms with van der Waals surface area (Å²) in [5.41, 5.74) is 7.25. The Morgan fingerprint density at radius 1 is 0.926 bits per heavy atom. The molecule has 0 saturated carbocycles. The van der Waals surface area contributed by atoms with Crippen molar-refractivity contribution in [1.82, 2.24) is 0 Å². The van der Waals surface area contributed by atoms with Gasteiger partial charge in [-0.15, -0.1) is 0 Å². The van der Waals surface area contributed by atoms with E-state index in [1.165, 1.54) is 77.1 Å². The molecule has 138 valence electrons. The van der Waals surface area contributed by atoms with Crippen molar-refractivity contribution in [2.75, 3.05) is 0 Å². The van der Waals surface area contributed by atoms with Gasteiger partial charge in [0.2, 0.25) is 0 Å². The highest BCUT2D eigenvalue weighted by atomic mass is 14.2. The molecule has 4 rings (SSSR count). The number of hydrogen-bond acceptors (Lipinski definition) is 0. The molecule has 0 radical (unpaired) electrons. The first-order valence-electron chi connectivity index (χ1n) is 10.5. The summed E-state index contributed by atoms with van der Waals surface area (Å²) >= 11 is 0. The van der Waals surface area contributed by atoms with Crippen LogP contribution >= 0.6 is 0 Å². The van der Waals surface area contributed by atoms with Crippen LogP contribution in [0, 0.1) is 0 Å². The molecule has 1 atom stereocenters. The van der Waals surface area contributed by atoms with Crippen molar-refractivity contribution in [3.05, 3.63) is 89.0 Å². The van der Waals surface area contributed by atoms with Crippen LogP contribution in [0.25, 0.3) is 16.8 Å². The minimum absolute atomic E-state index is 0.640. The maximum Gasteiger partial charge on any atom is -0.0118 e. The van der Waals surface area contributed by atoms with Crippen LogP contribution in [-0.2, 0) is 19.3 Å². The van der Waals surface area contributed by atoms with Crippen LogP contribution in [-0.4, -0.2) is 0 Å². The quantitative estimate of drug-likeness (QED) is 0.402. The van der Waals surface area contributed by atoms with E-state index in [0.717, 1.165) is 6.42 Å². The molecule has 0 N–H and O–H groups in total. The summed E-state index contributed by atoms with van der Waals surface area (Å²) in [7, 11) is 0. The van der Waals surface area contributed by atoms with E-state index in [1.807, 2.05) is 6.08 Å². The zero-order chi connectivity index (χ0) is 18.6. The highest BCUT2D eigenvalue weighted by Gasteiger charge is 2.20. The Bertz CT molecular complexity index is 947. The van der Waals surface area contributed by atoms with Gasteiger partial charge in [0.15, 0.2) is 0 Å². The van der Waals surface area contributed by atoms with Gasteiger partial charge in [0.05, 0.1) is 0 Å². The molecule has 0 spiro atoms. The smallest absolute Gasteiger partial charge is 0.0118 e. The first-order chi connectivity index (χ1) is 13.3. The molecule has 0 nitrogen and oxygen atoms in total. The minimum Gasteiger partial charge on any atom is -0.0985 e. The molecule has 0 amide bonds. The van der Waals surface area contributed by atoms with E-state index < -0.39 is 0 Å². The van der Waals surface area contributed by atoms with Gasteiger partial charge in [0.1, 0.15) is 0 Å². The highest BCUT2D eigenvalue weighted by molar-refractivity contribution is 5.84. The molecule has 0 aliphatic heterocycles. The molecule has 0 bridgehead atoms. The lowest BCUT2D eigenvalue weighted by molar-refractivity contribution is 0.585. The lowest BCUT2D eigenvalue weighted by Crippen LogP contribution is -2.12. The summed E-state index contributed by atoms with van der Waals surface area (Å²) in [6, 6.07) is 21.0. The van der Waals surface area contributed by atoms with Crippen molar-refractivity contribution in [2.24, 2.45) is 0 Å². The Kier molecular flexibility index (Phi) is 5.43. The third-order valence-electron chi connectivity index (χ3n) is 6.16. The number of aryl methyl sites for hydroxylation is 2. The Balaban J connectivity index is 1.53. The van der Waals surface area contributed by atoms with Gasteiger partial charge < -0.3 is 0 Å². The van der Waals surface area contributed by atoms with E-state index in [0.29, 0.717) is 5.92 Å². The van der Waals surface area contributed by atoms with Crippen LogP contribution in [0.3, 0.4) is 0 Å². The summed E-state index contributed by atoms with van der Waals surface area (Å²) in [6.45, 7) is 6.17. The lowest BCUT2D eigenvalue weighted by atomic mass is 9.79. The number of unbranched alkanes of at least 4 members (excludes halogenated alkanes) is 2. The summed E-state index contributed by atoms with van der Waals surface area (Å²) in [4.78, 5) is 0. The first-order valence-corrected chi connectivity index (χ1v) is 10.5. The molecule has 1 unspecified atom stereocenters. The monoisotopic (exact) mass is 354 g/mol. The van der Waals surface area contributed by atoms with E-state index >= 15 is 0 Å². The van der Waals surface area contributed by atoms with Gasteiger partial charge in [-0.1, -0.05) is 87.0 Å². The van der Waals surface area contributed by atoms with E-state index in [-0.39, 0.29) is 0 Å². The average Bonchev–Trinajstić information content (AvgIpc) is 2.72. The fourth-order valence-electron chi connectivity index (χ4n) is 4.49. The molecule has 0 heteroatoms.